The van der Waals surface area contributed by atoms with Crippen molar-refractivity contribution in [2.75, 3.05) is 10.6 Å². The van der Waals surface area contributed by atoms with E-state index in [1.165, 1.54) is 28.9 Å². The van der Waals surface area contributed by atoms with Gasteiger partial charge in [-0.3, -0.25) is 4.79 Å². The zero-order chi connectivity index (χ0) is 17.3. The lowest BCUT2D eigenvalue weighted by Gasteiger charge is -2.04. The first-order valence-corrected chi connectivity index (χ1v) is 9.29. The fourth-order valence-corrected chi connectivity index (χ4v) is 4.04. The highest BCUT2D eigenvalue weighted by molar-refractivity contribution is 7.17. The molecule has 0 atom stereocenters. The van der Waals surface area contributed by atoms with Crippen molar-refractivity contribution in [2.45, 2.75) is 13.8 Å². The van der Waals surface area contributed by atoms with Gasteiger partial charge in [0.05, 0.1) is 11.9 Å². The molecule has 0 saturated carbocycles. The molecule has 3 rings (SSSR count). The van der Waals surface area contributed by atoms with Gasteiger partial charge in [0.2, 0.25) is 0 Å². The van der Waals surface area contributed by atoms with Crippen LogP contribution in [-0.4, -0.2) is 15.9 Å². The standard InChI is InChI=1S/C15H12Cl2N4OS2/c1-7-6-23-13(17)12(7)21-14(22)10-5-18-15(24-10)20-9-3-8(2)19-11(16)4-9/h3-6H,1-2H3,(H,21,22)(H,18,19,20). The molecule has 9 heteroatoms. The maximum Gasteiger partial charge on any atom is 0.267 e. The zero-order valence-corrected chi connectivity index (χ0v) is 15.8. The van der Waals surface area contributed by atoms with Crippen molar-refractivity contribution in [1.82, 2.24) is 9.97 Å². The lowest BCUT2D eigenvalue weighted by molar-refractivity contribution is 0.103. The van der Waals surface area contributed by atoms with Crippen LogP contribution in [0.1, 0.15) is 20.9 Å². The number of aryl methyl sites for hydroxylation is 2. The molecular weight excluding hydrogens is 387 g/mol. The molecular formula is C15H12Cl2N4OS2. The molecule has 3 aromatic rings. The first kappa shape index (κ1) is 17.2. The Kier molecular flexibility index (Phi) is 5.05. The Balaban J connectivity index is 1.74. The maximum atomic E-state index is 12.3. The highest BCUT2D eigenvalue weighted by Crippen LogP contribution is 2.33. The van der Waals surface area contributed by atoms with Gasteiger partial charge in [-0.2, -0.15) is 0 Å². The van der Waals surface area contributed by atoms with Gasteiger partial charge in [0.15, 0.2) is 5.13 Å². The highest BCUT2D eigenvalue weighted by Gasteiger charge is 2.15. The van der Waals surface area contributed by atoms with E-state index in [1.807, 2.05) is 25.3 Å². The number of hydrogen-bond donors (Lipinski definition) is 2. The Morgan fingerprint density at radius 3 is 2.71 bits per heavy atom. The monoisotopic (exact) mass is 398 g/mol. The fourth-order valence-electron chi connectivity index (χ4n) is 2.00. The van der Waals surface area contributed by atoms with Crippen molar-refractivity contribution in [1.29, 1.82) is 0 Å². The van der Waals surface area contributed by atoms with Crippen LogP contribution in [0, 0.1) is 13.8 Å². The molecule has 0 fully saturated rings. The lowest BCUT2D eigenvalue weighted by atomic mass is 10.3. The molecule has 0 spiro atoms. The molecule has 3 aromatic heterocycles. The third kappa shape index (κ3) is 3.87. The van der Waals surface area contributed by atoms with Crippen molar-refractivity contribution in [3.63, 3.8) is 0 Å². The molecule has 2 N–H and O–H groups in total. The van der Waals surface area contributed by atoms with Gasteiger partial charge in [-0.05, 0) is 36.9 Å². The minimum atomic E-state index is -0.243. The van der Waals surface area contributed by atoms with Crippen LogP contribution in [0.3, 0.4) is 0 Å². The molecule has 0 bridgehead atoms. The SMILES string of the molecule is Cc1cc(Nc2ncc(C(=O)Nc3c(C)csc3Cl)s2)cc(Cl)n1. The Hall–Kier alpha value is -1.67. The molecule has 0 saturated heterocycles. The predicted octanol–water partition coefficient (Wildman–Crippen LogP) is 5.52. The normalized spacial score (nSPS) is 10.7. The second kappa shape index (κ2) is 7.06. The summed E-state index contributed by atoms with van der Waals surface area (Å²) in [4.78, 5) is 21.1. The first-order chi connectivity index (χ1) is 11.4. The van der Waals surface area contributed by atoms with Crippen LogP contribution >= 0.6 is 45.9 Å². The molecule has 0 aromatic carbocycles. The molecule has 0 radical (unpaired) electrons. The van der Waals surface area contributed by atoms with Gasteiger partial charge in [-0.1, -0.05) is 34.5 Å². The number of hydrogen-bond acceptors (Lipinski definition) is 6. The Bertz CT molecular complexity index is 867. The van der Waals surface area contributed by atoms with Crippen LogP contribution in [0.5, 0.6) is 0 Å². The van der Waals surface area contributed by atoms with Gasteiger partial charge in [0.25, 0.3) is 5.91 Å². The highest BCUT2D eigenvalue weighted by atomic mass is 35.5. The number of amides is 1. The summed E-state index contributed by atoms with van der Waals surface area (Å²) >= 11 is 14.6. The number of rotatable bonds is 4. The summed E-state index contributed by atoms with van der Waals surface area (Å²) in [6.07, 6.45) is 1.52. The van der Waals surface area contributed by atoms with E-state index in [1.54, 1.807) is 6.07 Å². The second-order valence-corrected chi connectivity index (χ2v) is 7.90. The van der Waals surface area contributed by atoms with Crippen LogP contribution in [0.2, 0.25) is 9.49 Å². The fraction of sp³-hybridized carbons (Fsp3) is 0.133. The molecule has 0 aliphatic rings. The number of nitrogens with zero attached hydrogens (tertiary/aromatic N) is 2. The number of aromatic nitrogens is 2. The van der Waals surface area contributed by atoms with Crippen molar-refractivity contribution in [3.8, 4) is 0 Å². The predicted molar refractivity (Wildman–Crippen MR) is 101 cm³/mol. The summed E-state index contributed by atoms with van der Waals surface area (Å²) in [5, 5.41) is 8.83. The average molecular weight is 399 g/mol. The second-order valence-electron chi connectivity index (χ2n) is 5.00. The van der Waals surface area contributed by atoms with Crippen LogP contribution in [0.15, 0.2) is 23.7 Å². The van der Waals surface area contributed by atoms with Gasteiger partial charge in [-0.25, -0.2) is 9.97 Å². The third-order valence-electron chi connectivity index (χ3n) is 3.07. The summed E-state index contributed by atoms with van der Waals surface area (Å²) < 4.78 is 0.561. The van der Waals surface area contributed by atoms with E-state index < -0.39 is 0 Å². The van der Waals surface area contributed by atoms with Gasteiger partial charge in [0.1, 0.15) is 14.4 Å². The molecule has 3 heterocycles. The van der Waals surface area contributed by atoms with E-state index in [0.29, 0.717) is 25.2 Å². The quantitative estimate of drug-likeness (QED) is 0.567. The van der Waals surface area contributed by atoms with Crippen molar-refractivity contribution in [2.24, 2.45) is 0 Å². The van der Waals surface area contributed by atoms with Crippen molar-refractivity contribution in [3.05, 3.63) is 49.3 Å². The van der Waals surface area contributed by atoms with Gasteiger partial charge in [0, 0.05) is 11.4 Å². The number of carbonyl (C=O) groups is 1. The number of nitrogens with one attached hydrogen (secondary N) is 2. The Labute approximate surface area is 156 Å². The lowest BCUT2D eigenvalue weighted by Crippen LogP contribution is -2.10. The summed E-state index contributed by atoms with van der Waals surface area (Å²) in [5.74, 6) is -0.243. The molecule has 0 unspecified atom stereocenters. The van der Waals surface area contributed by atoms with Gasteiger partial charge >= 0.3 is 0 Å². The van der Waals surface area contributed by atoms with Crippen LogP contribution in [0.4, 0.5) is 16.5 Å². The average Bonchev–Trinajstić information content (AvgIpc) is 3.08. The minimum absolute atomic E-state index is 0.243. The molecule has 0 aliphatic heterocycles. The van der Waals surface area contributed by atoms with Crippen LogP contribution in [-0.2, 0) is 0 Å². The first-order valence-electron chi connectivity index (χ1n) is 6.84. The summed E-state index contributed by atoms with van der Waals surface area (Å²) in [7, 11) is 0. The molecule has 1 amide bonds. The molecule has 0 aliphatic carbocycles. The van der Waals surface area contributed by atoms with E-state index in [4.69, 9.17) is 23.2 Å². The van der Waals surface area contributed by atoms with E-state index in [0.717, 1.165) is 16.9 Å². The van der Waals surface area contributed by atoms with Gasteiger partial charge in [-0.15, -0.1) is 11.3 Å². The van der Waals surface area contributed by atoms with Crippen molar-refractivity contribution < 1.29 is 4.79 Å². The third-order valence-corrected chi connectivity index (χ3v) is 5.52. The number of carbonyl (C=O) groups excluding carboxylic acids is 1. The van der Waals surface area contributed by atoms with E-state index >= 15 is 0 Å². The summed E-state index contributed by atoms with van der Waals surface area (Å²) in [5.41, 5.74) is 3.14. The van der Waals surface area contributed by atoms with Crippen molar-refractivity contribution >= 4 is 68.3 Å². The van der Waals surface area contributed by atoms with E-state index in [9.17, 15) is 4.79 Å². The van der Waals surface area contributed by atoms with E-state index in [-0.39, 0.29) is 5.91 Å². The number of pyridine rings is 1. The molecule has 124 valence electrons. The molecule has 5 nitrogen and oxygen atoms in total. The number of thiophene rings is 1. The largest absolute Gasteiger partial charge is 0.331 e. The number of anilines is 3. The molecule has 24 heavy (non-hydrogen) atoms. The Morgan fingerprint density at radius 2 is 2.04 bits per heavy atom. The summed E-state index contributed by atoms with van der Waals surface area (Å²) in [6.45, 7) is 3.75. The van der Waals surface area contributed by atoms with Crippen LogP contribution < -0.4 is 10.6 Å². The van der Waals surface area contributed by atoms with E-state index in [2.05, 4.69) is 20.6 Å². The summed E-state index contributed by atoms with van der Waals surface area (Å²) in [6, 6.07) is 3.55. The van der Waals surface area contributed by atoms with Crippen LogP contribution in [0.25, 0.3) is 0 Å². The topological polar surface area (TPSA) is 66.9 Å². The minimum Gasteiger partial charge on any atom is -0.331 e. The number of halogens is 2. The van der Waals surface area contributed by atoms with Gasteiger partial charge < -0.3 is 10.6 Å². The maximum absolute atomic E-state index is 12.3. The smallest absolute Gasteiger partial charge is 0.267 e. The number of thiazole rings is 1. The Morgan fingerprint density at radius 1 is 1.25 bits per heavy atom. The zero-order valence-electron chi connectivity index (χ0n) is 12.7.